The summed E-state index contributed by atoms with van der Waals surface area (Å²) in [5, 5.41) is 0. The summed E-state index contributed by atoms with van der Waals surface area (Å²) in [5.41, 5.74) is -0.00261. The third kappa shape index (κ3) is 7.52. The average Bonchev–Trinajstić information content (AvgIpc) is 3.08. The van der Waals surface area contributed by atoms with Gasteiger partial charge in [-0.1, -0.05) is 18.2 Å². The first kappa shape index (κ1) is 29.1. The van der Waals surface area contributed by atoms with Gasteiger partial charge >= 0.3 is 18.2 Å². The second kappa shape index (κ2) is 11.9. The molecule has 2 aromatic rings. The van der Waals surface area contributed by atoms with E-state index in [-0.39, 0.29) is 25.2 Å². The largest absolute Gasteiger partial charge is 0.475 e. The Bertz CT molecular complexity index is 1110. The quantitative estimate of drug-likeness (QED) is 0.228. The van der Waals surface area contributed by atoms with Gasteiger partial charge in [0.05, 0.1) is 21.8 Å². The van der Waals surface area contributed by atoms with Crippen molar-refractivity contribution in [2.75, 3.05) is 20.2 Å². The molecule has 0 aromatic heterocycles. The highest BCUT2D eigenvalue weighted by Gasteiger charge is 2.35. The van der Waals surface area contributed by atoms with Gasteiger partial charge in [0.2, 0.25) is 0 Å². The fourth-order valence-corrected chi connectivity index (χ4v) is 4.91. The molecule has 0 saturated carbocycles. The molecule has 0 aliphatic carbocycles. The molecule has 0 N–H and O–H groups in total. The summed E-state index contributed by atoms with van der Waals surface area (Å²) in [6, 6.07) is 10.7. The number of likely N-dealkylation sites (N-methyl/N-ethyl adjacent to an activating group) is 1. The minimum atomic E-state index is -4.38. The molecule has 202 valence electrons. The van der Waals surface area contributed by atoms with Crippen molar-refractivity contribution in [2.45, 2.75) is 64.4 Å². The summed E-state index contributed by atoms with van der Waals surface area (Å²) in [4.78, 5) is 28.2. The lowest BCUT2D eigenvalue weighted by atomic mass is 10.0. The lowest BCUT2D eigenvalue weighted by molar-refractivity contribution is -0.158. The van der Waals surface area contributed by atoms with E-state index in [1.165, 1.54) is 12.1 Å². The van der Waals surface area contributed by atoms with Crippen LogP contribution < -0.4 is 4.74 Å². The van der Waals surface area contributed by atoms with E-state index in [2.05, 4.69) is 22.6 Å². The predicted octanol–water partition coefficient (Wildman–Crippen LogP) is 6.29. The molecule has 1 atom stereocenters. The van der Waals surface area contributed by atoms with Gasteiger partial charge < -0.3 is 19.3 Å². The number of hydrogen-bond acceptors (Lipinski definition) is 4. The van der Waals surface area contributed by atoms with Crippen LogP contribution in [0.5, 0.6) is 5.75 Å². The number of ether oxygens (including phenoxy) is 2. The maximum Gasteiger partial charge on any atom is 0.416 e. The van der Waals surface area contributed by atoms with Crippen molar-refractivity contribution in [1.82, 2.24) is 9.80 Å². The number of hydrogen-bond donors (Lipinski definition) is 0. The van der Waals surface area contributed by atoms with Crippen LogP contribution in [0.2, 0.25) is 0 Å². The van der Waals surface area contributed by atoms with Crippen molar-refractivity contribution in [3.8, 4) is 5.75 Å². The molecule has 1 aliphatic rings. The molecule has 2 amide bonds. The molecule has 0 spiro atoms. The number of benzene rings is 2. The Morgan fingerprint density at radius 2 is 1.76 bits per heavy atom. The number of carbonyl (C=O) groups is 2. The fraction of sp³-hybridized carbons (Fsp3) is 0.481. The van der Waals surface area contributed by atoms with E-state index < -0.39 is 23.3 Å². The summed E-state index contributed by atoms with van der Waals surface area (Å²) in [7, 11) is 1.76. The topological polar surface area (TPSA) is 59.1 Å². The van der Waals surface area contributed by atoms with E-state index in [4.69, 9.17) is 9.47 Å². The standard InChI is InChI=1S/C27H32F3IN2O4/c1-5-36-24(34)26(2,3)37-23-14-11-18(15-22(23)31)7-6-8-21-17-33(25(35)32(21)4)16-19-9-12-20(13-10-19)27(28,29)30/h9-15,21H,5-8,16-17H2,1-4H3. The Balaban J connectivity index is 1.52. The van der Waals surface area contributed by atoms with Crippen molar-refractivity contribution in [1.29, 1.82) is 0 Å². The minimum Gasteiger partial charge on any atom is -0.475 e. The van der Waals surface area contributed by atoms with E-state index in [1.54, 1.807) is 37.6 Å². The van der Waals surface area contributed by atoms with E-state index in [1.807, 2.05) is 18.2 Å². The highest BCUT2D eigenvalue weighted by Crippen LogP contribution is 2.30. The second-order valence-electron chi connectivity index (χ2n) is 9.61. The highest BCUT2D eigenvalue weighted by atomic mass is 127. The number of aryl methyl sites for hydroxylation is 1. The van der Waals surface area contributed by atoms with Crippen LogP contribution in [0, 0.1) is 3.57 Å². The zero-order valence-corrected chi connectivity index (χ0v) is 23.6. The van der Waals surface area contributed by atoms with Crippen LogP contribution in [0.1, 0.15) is 50.3 Å². The third-order valence-corrected chi connectivity index (χ3v) is 7.18. The molecule has 1 heterocycles. The molecule has 10 heteroatoms. The molecule has 37 heavy (non-hydrogen) atoms. The van der Waals surface area contributed by atoms with Crippen molar-refractivity contribution < 1.29 is 32.2 Å². The van der Waals surface area contributed by atoms with Crippen LogP contribution >= 0.6 is 22.6 Å². The van der Waals surface area contributed by atoms with Crippen molar-refractivity contribution >= 4 is 34.6 Å². The Hall–Kier alpha value is -2.50. The van der Waals surface area contributed by atoms with Gasteiger partial charge in [-0.15, -0.1) is 0 Å². The summed E-state index contributed by atoms with van der Waals surface area (Å²) in [6.45, 7) is 6.20. The van der Waals surface area contributed by atoms with Gasteiger partial charge in [0.15, 0.2) is 5.60 Å². The number of halogens is 4. The van der Waals surface area contributed by atoms with Crippen molar-refractivity contribution in [3.63, 3.8) is 0 Å². The summed E-state index contributed by atoms with van der Waals surface area (Å²) < 4.78 is 50.3. The lowest BCUT2D eigenvalue weighted by Gasteiger charge is -2.25. The molecule has 1 unspecified atom stereocenters. The van der Waals surface area contributed by atoms with E-state index in [0.717, 1.165) is 40.5 Å². The Kier molecular flexibility index (Phi) is 9.36. The number of rotatable bonds is 10. The molecule has 1 fully saturated rings. The van der Waals surface area contributed by atoms with Gasteiger partial charge in [-0.2, -0.15) is 13.2 Å². The molecule has 1 saturated heterocycles. The van der Waals surface area contributed by atoms with Crippen LogP contribution in [0.4, 0.5) is 18.0 Å². The number of esters is 1. The van der Waals surface area contributed by atoms with E-state index in [0.29, 0.717) is 17.9 Å². The molecular formula is C27H32F3IN2O4. The molecule has 0 bridgehead atoms. The zero-order valence-electron chi connectivity index (χ0n) is 21.4. The fourth-order valence-electron chi connectivity index (χ4n) is 4.22. The monoisotopic (exact) mass is 632 g/mol. The average molecular weight is 632 g/mol. The zero-order chi connectivity index (χ0) is 27.4. The van der Waals surface area contributed by atoms with Gasteiger partial charge in [-0.25, -0.2) is 9.59 Å². The first-order valence-electron chi connectivity index (χ1n) is 12.1. The van der Waals surface area contributed by atoms with Gasteiger partial charge in [-0.05, 0) is 98.0 Å². The Labute approximate surface area is 229 Å². The summed E-state index contributed by atoms with van der Waals surface area (Å²) >= 11 is 2.19. The summed E-state index contributed by atoms with van der Waals surface area (Å²) in [6.07, 6.45) is -1.90. The second-order valence-corrected chi connectivity index (χ2v) is 10.8. The van der Waals surface area contributed by atoms with E-state index in [9.17, 15) is 22.8 Å². The minimum absolute atomic E-state index is 0.0361. The molecule has 0 radical (unpaired) electrons. The lowest BCUT2D eigenvalue weighted by Crippen LogP contribution is -2.39. The summed E-state index contributed by atoms with van der Waals surface area (Å²) in [5.74, 6) is 0.194. The van der Waals surface area contributed by atoms with Crippen LogP contribution in [-0.2, 0) is 28.7 Å². The maximum atomic E-state index is 12.8. The third-order valence-electron chi connectivity index (χ3n) is 6.34. The Morgan fingerprint density at radius 1 is 1.11 bits per heavy atom. The molecule has 6 nitrogen and oxygen atoms in total. The number of nitrogens with zero attached hydrogens (tertiary/aromatic N) is 2. The maximum absolute atomic E-state index is 12.8. The first-order chi connectivity index (χ1) is 17.3. The van der Waals surface area contributed by atoms with Gasteiger partial charge in [0, 0.05) is 20.1 Å². The van der Waals surface area contributed by atoms with Gasteiger partial charge in [0.25, 0.3) is 0 Å². The van der Waals surface area contributed by atoms with Crippen molar-refractivity contribution in [2.24, 2.45) is 0 Å². The van der Waals surface area contributed by atoms with Crippen LogP contribution in [0.3, 0.4) is 0 Å². The normalized spacial score (nSPS) is 16.3. The predicted molar refractivity (Wildman–Crippen MR) is 142 cm³/mol. The highest BCUT2D eigenvalue weighted by molar-refractivity contribution is 14.1. The number of urea groups is 1. The Morgan fingerprint density at radius 3 is 2.35 bits per heavy atom. The van der Waals surface area contributed by atoms with Gasteiger partial charge in [0.1, 0.15) is 5.75 Å². The number of alkyl halides is 3. The number of carbonyl (C=O) groups excluding carboxylic acids is 2. The first-order valence-corrected chi connectivity index (χ1v) is 13.2. The molecule has 1 aliphatic heterocycles. The van der Waals surface area contributed by atoms with Gasteiger partial charge in [-0.3, -0.25) is 0 Å². The van der Waals surface area contributed by atoms with Crippen LogP contribution in [-0.4, -0.2) is 53.6 Å². The van der Waals surface area contributed by atoms with Crippen molar-refractivity contribution in [3.05, 3.63) is 62.7 Å². The SMILES string of the molecule is CCOC(=O)C(C)(C)Oc1ccc(CCCC2CN(Cc3ccc(C(F)(F)F)cc3)C(=O)N2C)cc1I. The molecular weight excluding hydrogens is 600 g/mol. The number of amides is 2. The van der Waals surface area contributed by atoms with Crippen LogP contribution in [0.25, 0.3) is 0 Å². The van der Waals surface area contributed by atoms with Crippen LogP contribution in [0.15, 0.2) is 42.5 Å². The molecule has 2 aromatic carbocycles. The van der Waals surface area contributed by atoms with E-state index >= 15 is 0 Å². The molecule has 3 rings (SSSR count). The smallest absolute Gasteiger partial charge is 0.416 e.